The van der Waals surface area contributed by atoms with Gasteiger partial charge in [0.1, 0.15) is 17.3 Å². The molecule has 1 aliphatic heterocycles. The third-order valence-corrected chi connectivity index (χ3v) is 3.70. The van der Waals surface area contributed by atoms with Gasteiger partial charge in [-0.3, -0.25) is 4.79 Å². The number of nitrogens with one attached hydrogen (secondary N) is 2. The topological polar surface area (TPSA) is 85.4 Å². The van der Waals surface area contributed by atoms with E-state index >= 15 is 0 Å². The summed E-state index contributed by atoms with van der Waals surface area (Å²) in [6.45, 7) is 0.158. The number of anilines is 3. The van der Waals surface area contributed by atoms with Crippen LogP contribution in [0, 0.1) is 11.6 Å². The first-order chi connectivity index (χ1) is 13.1. The van der Waals surface area contributed by atoms with E-state index < -0.39 is 17.5 Å². The zero-order valence-electron chi connectivity index (χ0n) is 13.7. The fourth-order valence-corrected chi connectivity index (χ4v) is 2.43. The summed E-state index contributed by atoms with van der Waals surface area (Å²) in [7, 11) is 0. The van der Waals surface area contributed by atoms with Crippen LogP contribution in [-0.2, 0) is 0 Å². The molecule has 0 aliphatic carbocycles. The zero-order chi connectivity index (χ0) is 18.8. The van der Waals surface area contributed by atoms with Crippen molar-refractivity contribution >= 4 is 23.2 Å². The quantitative estimate of drug-likeness (QED) is 0.731. The van der Waals surface area contributed by atoms with Gasteiger partial charge in [0.2, 0.25) is 12.7 Å². The third-order valence-electron chi connectivity index (χ3n) is 3.70. The number of halogens is 2. The molecule has 0 bridgehead atoms. The Morgan fingerprint density at radius 3 is 2.74 bits per heavy atom. The molecule has 7 nitrogen and oxygen atoms in total. The van der Waals surface area contributed by atoms with Gasteiger partial charge >= 0.3 is 0 Å². The summed E-state index contributed by atoms with van der Waals surface area (Å²) < 4.78 is 37.2. The maximum absolute atomic E-state index is 13.7. The van der Waals surface area contributed by atoms with Gasteiger partial charge in [0.05, 0.1) is 5.69 Å². The molecule has 0 atom stereocenters. The van der Waals surface area contributed by atoms with Crippen molar-refractivity contribution in [3.8, 4) is 11.5 Å². The second-order valence-electron chi connectivity index (χ2n) is 5.54. The van der Waals surface area contributed by atoms with Crippen molar-refractivity contribution in [1.82, 2.24) is 9.97 Å². The summed E-state index contributed by atoms with van der Waals surface area (Å²) in [6.07, 6.45) is 1.39. The molecule has 0 unspecified atom stereocenters. The van der Waals surface area contributed by atoms with Crippen molar-refractivity contribution < 1.29 is 23.0 Å². The first kappa shape index (κ1) is 16.7. The van der Waals surface area contributed by atoms with Crippen molar-refractivity contribution in [1.29, 1.82) is 0 Å². The van der Waals surface area contributed by atoms with Crippen LogP contribution in [0.15, 0.2) is 48.7 Å². The van der Waals surface area contributed by atoms with Crippen molar-refractivity contribution in [2.75, 3.05) is 17.4 Å². The van der Waals surface area contributed by atoms with E-state index in [9.17, 15) is 13.6 Å². The van der Waals surface area contributed by atoms with Gasteiger partial charge in [0.15, 0.2) is 11.5 Å². The highest BCUT2D eigenvalue weighted by Gasteiger charge is 2.15. The summed E-state index contributed by atoms with van der Waals surface area (Å²) >= 11 is 0. The first-order valence-electron chi connectivity index (χ1n) is 7.84. The number of fused-ring (bicyclic) bond motifs is 1. The molecular weight excluding hydrogens is 358 g/mol. The van der Waals surface area contributed by atoms with Gasteiger partial charge in [0, 0.05) is 24.0 Å². The van der Waals surface area contributed by atoms with Gasteiger partial charge in [-0.25, -0.2) is 18.7 Å². The van der Waals surface area contributed by atoms with Crippen molar-refractivity contribution in [2.24, 2.45) is 0 Å². The van der Waals surface area contributed by atoms with E-state index in [4.69, 9.17) is 9.47 Å². The molecule has 1 aliphatic rings. The number of hydrogen-bond acceptors (Lipinski definition) is 6. The molecule has 136 valence electrons. The Labute approximate surface area is 152 Å². The molecule has 0 saturated heterocycles. The lowest BCUT2D eigenvalue weighted by Crippen LogP contribution is -2.15. The number of aromatic nitrogens is 2. The average molecular weight is 370 g/mol. The monoisotopic (exact) mass is 370 g/mol. The molecular formula is C18H12F2N4O3. The maximum atomic E-state index is 13.7. The highest BCUT2D eigenvalue weighted by Crippen LogP contribution is 2.34. The highest BCUT2D eigenvalue weighted by molar-refractivity contribution is 6.03. The van der Waals surface area contributed by atoms with Gasteiger partial charge in [-0.15, -0.1) is 0 Å². The van der Waals surface area contributed by atoms with Crippen LogP contribution in [0.3, 0.4) is 0 Å². The van der Waals surface area contributed by atoms with Gasteiger partial charge in [-0.05, 0) is 30.3 Å². The molecule has 0 fully saturated rings. The number of carbonyl (C=O) groups is 1. The normalized spacial score (nSPS) is 11.9. The Balaban J connectivity index is 1.51. The molecule has 0 radical (unpaired) electrons. The van der Waals surface area contributed by atoms with Crippen LogP contribution < -0.4 is 20.1 Å². The molecule has 0 saturated carbocycles. The van der Waals surface area contributed by atoms with Crippen molar-refractivity contribution in [3.05, 3.63) is 66.0 Å². The number of rotatable bonds is 4. The third kappa shape index (κ3) is 3.61. The minimum atomic E-state index is -0.879. The zero-order valence-corrected chi connectivity index (χ0v) is 13.7. The van der Waals surface area contributed by atoms with Crippen LogP contribution in [0.2, 0.25) is 0 Å². The lowest BCUT2D eigenvalue weighted by Gasteiger charge is -2.08. The van der Waals surface area contributed by atoms with Crippen LogP contribution in [0.4, 0.5) is 26.1 Å². The minimum Gasteiger partial charge on any atom is -0.454 e. The predicted octanol–water partition coefficient (Wildman–Crippen LogP) is 3.48. The second-order valence-corrected chi connectivity index (χ2v) is 5.54. The summed E-state index contributed by atoms with van der Waals surface area (Å²) in [6, 6.07) is 9.44. The molecule has 1 amide bonds. The molecule has 4 rings (SSSR count). The first-order valence-corrected chi connectivity index (χ1v) is 7.84. The Kier molecular flexibility index (Phi) is 4.25. The summed E-state index contributed by atoms with van der Waals surface area (Å²) in [5.41, 5.74) is 0.503. The van der Waals surface area contributed by atoms with E-state index in [0.29, 0.717) is 23.3 Å². The average Bonchev–Trinajstić information content (AvgIpc) is 3.12. The summed E-state index contributed by atoms with van der Waals surface area (Å²) in [5, 5.41) is 5.29. The van der Waals surface area contributed by atoms with E-state index in [1.807, 2.05) is 0 Å². The van der Waals surface area contributed by atoms with Crippen LogP contribution in [0.5, 0.6) is 11.5 Å². The molecule has 3 aromatic rings. The van der Waals surface area contributed by atoms with E-state index in [1.165, 1.54) is 12.3 Å². The van der Waals surface area contributed by atoms with E-state index in [-0.39, 0.29) is 24.1 Å². The molecule has 9 heteroatoms. The molecule has 1 aromatic heterocycles. The van der Waals surface area contributed by atoms with E-state index in [1.54, 1.807) is 18.2 Å². The predicted molar refractivity (Wildman–Crippen MR) is 92.2 cm³/mol. The SMILES string of the molecule is O=C(Nc1ccc(F)cc1F)c1ccnc(Nc2ccc3c(c2)OCO3)n1. The van der Waals surface area contributed by atoms with Gasteiger partial charge in [0.25, 0.3) is 5.91 Å². The number of ether oxygens (including phenoxy) is 2. The smallest absolute Gasteiger partial charge is 0.274 e. The highest BCUT2D eigenvalue weighted by atomic mass is 19.1. The van der Waals surface area contributed by atoms with Crippen molar-refractivity contribution in [3.63, 3.8) is 0 Å². The fourth-order valence-electron chi connectivity index (χ4n) is 2.43. The number of nitrogens with zero attached hydrogens (tertiary/aromatic N) is 2. The number of amides is 1. The Hall–Kier alpha value is -3.75. The number of benzene rings is 2. The van der Waals surface area contributed by atoms with Crippen LogP contribution in [0.25, 0.3) is 0 Å². The molecule has 2 aromatic carbocycles. The molecule has 0 spiro atoms. The van der Waals surface area contributed by atoms with Gasteiger partial charge in [-0.2, -0.15) is 0 Å². The van der Waals surface area contributed by atoms with E-state index in [0.717, 1.165) is 12.1 Å². The standard InChI is InChI=1S/C18H12F2N4O3/c19-10-1-3-13(12(20)7-10)23-17(25)14-5-6-21-18(24-14)22-11-2-4-15-16(8-11)27-9-26-15/h1-8H,9H2,(H,23,25)(H,21,22,24). The van der Waals surface area contributed by atoms with Crippen LogP contribution in [0.1, 0.15) is 10.5 Å². The lowest BCUT2D eigenvalue weighted by atomic mass is 10.2. The molecule has 2 N–H and O–H groups in total. The lowest BCUT2D eigenvalue weighted by molar-refractivity contribution is 0.102. The van der Waals surface area contributed by atoms with Gasteiger partial charge < -0.3 is 20.1 Å². The van der Waals surface area contributed by atoms with Crippen LogP contribution in [-0.4, -0.2) is 22.7 Å². The fraction of sp³-hybridized carbons (Fsp3) is 0.0556. The summed E-state index contributed by atoms with van der Waals surface area (Å²) in [4.78, 5) is 20.4. The Bertz CT molecular complexity index is 1030. The second kappa shape index (κ2) is 6.87. The maximum Gasteiger partial charge on any atom is 0.274 e. The Morgan fingerprint density at radius 1 is 1.04 bits per heavy atom. The van der Waals surface area contributed by atoms with Gasteiger partial charge in [-0.1, -0.05) is 0 Å². The number of carbonyl (C=O) groups excluding carboxylic acids is 1. The number of hydrogen-bond donors (Lipinski definition) is 2. The molecule has 2 heterocycles. The largest absolute Gasteiger partial charge is 0.454 e. The minimum absolute atomic E-state index is 0.0111. The van der Waals surface area contributed by atoms with Crippen molar-refractivity contribution in [2.45, 2.75) is 0 Å². The van der Waals surface area contributed by atoms with Crippen LogP contribution >= 0.6 is 0 Å². The van der Waals surface area contributed by atoms with E-state index in [2.05, 4.69) is 20.6 Å². The summed E-state index contributed by atoms with van der Waals surface area (Å²) in [5.74, 6) is -0.881. The Morgan fingerprint density at radius 2 is 1.89 bits per heavy atom. The molecule has 27 heavy (non-hydrogen) atoms.